The third-order valence-electron chi connectivity index (χ3n) is 4.10. The molecule has 1 amide bonds. The number of aryl methyl sites for hydroxylation is 1. The fourth-order valence-corrected chi connectivity index (χ4v) is 2.60. The highest BCUT2D eigenvalue weighted by molar-refractivity contribution is 5.81. The number of ether oxygens (including phenoxy) is 2. The van der Waals surface area contributed by atoms with E-state index >= 15 is 0 Å². The summed E-state index contributed by atoms with van der Waals surface area (Å²) in [6.07, 6.45) is -0.575. The largest absolute Gasteiger partial charge is 0.491 e. The van der Waals surface area contributed by atoms with E-state index in [9.17, 15) is 4.79 Å². The number of hydrogen-bond acceptors (Lipinski definition) is 3. The van der Waals surface area contributed by atoms with E-state index < -0.39 is 6.10 Å². The van der Waals surface area contributed by atoms with Crippen molar-refractivity contribution in [1.82, 2.24) is 5.32 Å². The van der Waals surface area contributed by atoms with Crippen molar-refractivity contribution < 1.29 is 14.3 Å². The average Bonchev–Trinajstić information content (AvgIpc) is 2.60. The maximum atomic E-state index is 12.4. The van der Waals surface area contributed by atoms with Gasteiger partial charge in [0.05, 0.1) is 6.04 Å². The van der Waals surface area contributed by atoms with E-state index in [1.807, 2.05) is 50.2 Å². The Balaban J connectivity index is 1.90. The Hall–Kier alpha value is -2.49. The Morgan fingerprint density at radius 2 is 1.73 bits per heavy atom. The van der Waals surface area contributed by atoms with Gasteiger partial charge in [0.1, 0.15) is 18.1 Å². The van der Waals surface area contributed by atoms with Crippen molar-refractivity contribution in [1.29, 1.82) is 0 Å². The van der Waals surface area contributed by atoms with E-state index in [0.717, 1.165) is 22.6 Å². The molecule has 0 aromatic heterocycles. The van der Waals surface area contributed by atoms with Gasteiger partial charge >= 0.3 is 0 Å². The van der Waals surface area contributed by atoms with Gasteiger partial charge in [0.25, 0.3) is 5.91 Å². The van der Waals surface area contributed by atoms with Crippen molar-refractivity contribution in [2.75, 3.05) is 6.61 Å². The fourth-order valence-electron chi connectivity index (χ4n) is 2.60. The van der Waals surface area contributed by atoms with Crippen LogP contribution in [0.5, 0.6) is 11.5 Å². The molecule has 0 aliphatic rings. The molecule has 2 rings (SSSR count). The van der Waals surface area contributed by atoms with Crippen LogP contribution in [-0.2, 0) is 4.79 Å². The van der Waals surface area contributed by atoms with Gasteiger partial charge in [-0.25, -0.2) is 0 Å². The predicted molar refractivity (Wildman–Crippen MR) is 105 cm³/mol. The number of hydrogen-bond donors (Lipinski definition) is 1. The molecule has 1 N–H and O–H groups in total. The Kier molecular flexibility index (Phi) is 7.07. The third-order valence-corrected chi connectivity index (χ3v) is 4.10. The molecule has 4 heteroatoms. The van der Waals surface area contributed by atoms with Crippen LogP contribution in [0.25, 0.3) is 0 Å². The molecule has 26 heavy (non-hydrogen) atoms. The number of rotatable bonds is 8. The lowest BCUT2D eigenvalue weighted by Gasteiger charge is -2.21. The average molecular weight is 355 g/mol. The first kappa shape index (κ1) is 19.8. The summed E-state index contributed by atoms with van der Waals surface area (Å²) in [6.45, 7) is 10.3. The summed E-state index contributed by atoms with van der Waals surface area (Å²) in [6, 6.07) is 15.6. The lowest BCUT2D eigenvalue weighted by molar-refractivity contribution is -0.128. The van der Waals surface area contributed by atoms with E-state index in [1.54, 1.807) is 6.92 Å². The molecule has 0 unspecified atom stereocenters. The minimum absolute atomic E-state index is 0.115. The van der Waals surface area contributed by atoms with Crippen LogP contribution in [0.15, 0.2) is 48.5 Å². The van der Waals surface area contributed by atoms with Crippen molar-refractivity contribution >= 4 is 5.91 Å². The standard InChI is InChI=1S/C22H29NO3/c1-15(2)20-12-11-16(3)13-21(20)26-18(5)22(24)23-17(4)14-25-19-9-7-6-8-10-19/h6-13,15,17-18H,14H2,1-5H3,(H,23,24)/t17-,18+/m0/s1. The van der Waals surface area contributed by atoms with Crippen LogP contribution >= 0.6 is 0 Å². The number of nitrogens with one attached hydrogen (secondary N) is 1. The van der Waals surface area contributed by atoms with E-state index in [4.69, 9.17) is 9.47 Å². The SMILES string of the molecule is Cc1ccc(C(C)C)c(O[C@H](C)C(=O)N[C@@H](C)COc2ccccc2)c1. The molecule has 0 aliphatic heterocycles. The van der Waals surface area contributed by atoms with Crippen molar-refractivity contribution in [2.45, 2.75) is 52.7 Å². The molecular formula is C22H29NO3. The molecule has 140 valence electrons. The van der Waals surface area contributed by atoms with E-state index in [-0.39, 0.29) is 11.9 Å². The molecule has 0 saturated heterocycles. The second-order valence-corrected chi connectivity index (χ2v) is 6.99. The second kappa shape index (κ2) is 9.27. The lowest BCUT2D eigenvalue weighted by atomic mass is 10.0. The van der Waals surface area contributed by atoms with Gasteiger partial charge in [-0.3, -0.25) is 4.79 Å². The molecule has 0 spiro atoms. The minimum atomic E-state index is -0.575. The fraction of sp³-hybridized carbons (Fsp3) is 0.409. The van der Waals surface area contributed by atoms with Crippen molar-refractivity contribution in [2.24, 2.45) is 0 Å². The summed E-state index contributed by atoms with van der Waals surface area (Å²) in [5, 5.41) is 2.94. The Labute approximate surface area is 156 Å². The van der Waals surface area contributed by atoms with Crippen LogP contribution in [-0.4, -0.2) is 24.7 Å². The normalized spacial score (nSPS) is 13.2. The molecule has 4 nitrogen and oxygen atoms in total. The zero-order chi connectivity index (χ0) is 19.1. The molecule has 0 fully saturated rings. The van der Waals surface area contributed by atoms with Crippen LogP contribution in [0.2, 0.25) is 0 Å². The summed E-state index contributed by atoms with van der Waals surface area (Å²) in [7, 11) is 0. The van der Waals surface area contributed by atoms with Gasteiger partial charge in [-0.05, 0) is 56.0 Å². The van der Waals surface area contributed by atoms with Gasteiger partial charge in [0.15, 0.2) is 6.10 Å². The van der Waals surface area contributed by atoms with Gasteiger partial charge in [-0.2, -0.15) is 0 Å². The van der Waals surface area contributed by atoms with Crippen LogP contribution < -0.4 is 14.8 Å². The summed E-state index contributed by atoms with van der Waals surface area (Å²) in [5.41, 5.74) is 2.22. The van der Waals surface area contributed by atoms with Crippen molar-refractivity contribution in [3.05, 3.63) is 59.7 Å². The number of carbonyl (C=O) groups excluding carboxylic acids is 1. The highest BCUT2D eigenvalue weighted by atomic mass is 16.5. The maximum absolute atomic E-state index is 12.4. The molecule has 2 aromatic rings. The molecule has 2 aromatic carbocycles. The second-order valence-electron chi connectivity index (χ2n) is 6.99. The van der Waals surface area contributed by atoms with Gasteiger partial charge < -0.3 is 14.8 Å². The maximum Gasteiger partial charge on any atom is 0.261 e. The zero-order valence-corrected chi connectivity index (χ0v) is 16.3. The molecular weight excluding hydrogens is 326 g/mol. The Bertz CT molecular complexity index is 713. The van der Waals surface area contributed by atoms with E-state index in [2.05, 4.69) is 31.3 Å². The smallest absolute Gasteiger partial charge is 0.261 e. The molecule has 2 atom stereocenters. The lowest BCUT2D eigenvalue weighted by Crippen LogP contribution is -2.43. The van der Waals surface area contributed by atoms with Crippen LogP contribution in [0.3, 0.4) is 0 Å². The highest BCUT2D eigenvalue weighted by Gasteiger charge is 2.19. The van der Waals surface area contributed by atoms with Crippen molar-refractivity contribution in [3.8, 4) is 11.5 Å². The number of para-hydroxylation sites is 1. The summed E-state index contributed by atoms with van der Waals surface area (Å²) in [5.74, 6) is 1.75. The summed E-state index contributed by atoms with van der Waals surface area (Å²) >= 11 is 0. The number of carbonyl (C=O) groups is 1. The predicted octanol–water partition coefficient (Wildman–Crippen LogP) is 4.47. The minimum Gasteiger partial charge on any atom is -0.491 e. The molecule has 0 radical (unpaired) electrons. The topological polar surface area (TPSA) is 47.6 Å². The number of amides is 1. The van der Waals surface area contributed by atoms with Gasteiger partial charge in [0, 0.05) is 0 Å². The molecule has 0 saturated carbocycles. The van der Waals surface area contributed by atoms with Gasteiger partial charge in [-0.1, -0.05) is 44.2 Å². The summed E-state index contributed by atoms with van der Waals surface area (Å²) in [4.78, 5) is 12.4. The van der Waals surface area contributed by atoms with E-state index in [1.165, 1.54) is 0 Å². The monoisotopic (exact) mass is 355 g/mol. The Morgan fingerprint density at radius 1 is 1.04 bits per heavy atom. The van der Waals surface area contributed by atoms with Gasteiger partial charge in [0.2, 0.25) is 0 Å². The first-order chi connectivity index (χ1) is 12.4. The van der Waals surface area contributed by atoms with Crippen molar-refractivity contribution in [3.63, 3.8) is 0 Å². The first-order valence-corrected chi connectivity index (χ1v) is 9.12. The van der Waals surface area contributed by atoms with E-state index in [0.29, 0.717) is 12.5 Å². The Morgan fingerprint density at radius 3 is 2.38 bits per heavy atom. The van der Waals surface area contributed by atoms with Crippen LogP contribution in [0.1, 0.15) is 44.7 Å². The molecule has 0 bridgehead atoms. The number of benzene rings is 2. The van der Waals surface area contributed by atoms with Crippen LogP contribution in [0, 0.1) is 6.92 Å². The zero-order valence-electron chi connectivity index (χ0n) is 16.3. The highest BCUT2D eigenvalue weighted by Crippen LogP contribution is 2.28. The molecule has 0 heterocycles. The summed E-state index contributed by atoms with van der Waals surface area (Å²) < 4.78 is 11.6. The van der Waals surface area contributed by atoms with Crippen LogP contribution in [0.4, 0.5) is 0 Å². The van der Waals surface area contributed by atoms with Gasteiger partial charge in [-0.15, -0.1) is 0 Å². The molecule has 0 aliphatic carbocycles. The quantitative estimate of drug-likeness (QED) is 0.760. The third kappa shape index (κ3) is 5.80. The first-order valence-electron chi connectivity index (χ1n) is 9.12.